The lowest BCUT2D eigenvalue weighted by molar-refractivity contribution is -0.359. The van der Waals surface area contributed by atoms with Gasteiger partial charge in [0.2, 0.25) is 5.91 Å². The van der Waals surface area contributed by atoms with Crippen LogP contribution in [0.4, 0.5) is 0 Å². The van der Waals surface area contributed by atoms with Crippen LogP contribution < -0.4 is 5.32 Å². The molecule has 0 radical (unpaired) electrons. The second-order valence-corrected chi connectivity index (χ2v) is 21.1. The average Bonchev–Trinajstić information content (AvgIpc) is 3.44. The number of amides is 1. The van der Waals surface area contributed by atoms with E-state index >= 15 is 0 Å². The summed E-state index contributed by atoms with van der Waals surface area (Å²) in [5, 5.41) is 87.1. The number of nitrogens with one attached hydrogen (secondary N) is 1. The van der Waals surface area contributed by atoms with E-state index in [2.05, 4.69) is 104 Å². The van der Waals surface area contributed by atoms with Crippen molar-refractivity contribution in [1.29, 1.82) is 0 Å². The third kappa shape index (κ3) is 33.6. The molecule has 12 atom stereocenters. The quantitative estimate of drug-likeness (QED) is 0.0204. The van der Waals surface area contributed by atoms with Crippen LogP contribution in [0, 0.1) is 0 Å². The molecular weight excluding hydrogens is 991 g/mol. The summed E-state index contributed by atoms with van der Waals surface area (Å²) < 4.78 is 22.8. The fraction of sp³-hybridized carbons (Fsp3) is 0.734. The standard InChI is InChI=1S/C64H109NO13/c1-3-5-7-9-11-13-15-17-19-21-22-23-24-25-26-27-28-29-30-32-34-36-38-40-42-44-46-48-56(69)65-52(53(68)47-45-43-41-39-37-35-33-31-20-18-16-14-12-10-8-6-4-2)51-75-63-61(74)59(72)62(55(50-67)77-63)78-64-60(73)58(71)57(70)54(49-66)76-64/h5,7,11,13,17,19,22-23,25-26,28-29,37,39,45,47,52-55,57-64,66-68,70-74H,3-4,6,8-10,12,14-16,18,20-21,24,27,30-36,38,40-44,46,48-51H2,1-2H3,(H,65,69)/b7-5-,13-11-,19-17-,23-22-,26-25-,29-28-,39-37+,47-45+. The van der Waals surface area contributed by atoms with Crippen LogP contribution in [0.25, 0.3) is 0 Å². The molecule has 2 heterocycles. The number of carbonyl (C=O) groups is 1. The van der Waals surface area contributed by atoms with Gasteiger partial charge in [0.25, 0.3) is 0 Å². The normalized spacial score (nSPS) is 25.3. The van der Waals surface area contributed by atoms with Crippen molar-refractivity contribution in [2.24, 2.45) is 0 Å². The number of hydrogen-bond donors (Lipinski definition) is 9. The molecule has 2 aliphatic heterocycles. The molecule has 9 N–H and O–H groups in total. The summed E-state index contributed by atoms with van der Waals surface area (Å²) >= 11 is 0. The molecule has 14 heteroatoms. The molecule has 0 bridgehead atoms. The number of rotatable bonds is 47. The molecule has 2 fully saturated rings. The van der Waals surface area contributed by atoms with Crippen LogP contribution in [-0.4, -0.2) is 140 Å². The largest absolute Gasteiger partial charge is 0.394 e. The van der Waals surface area contributed by atoms with Gasteiger partial charge in [-0.3, -0.25) is 4.79 Å². The van der Waals surface area contributed by atoms with E-state index in [0.717, 1.165) is 83.5 Å². The molecular formula is C64H109NO13. The van der Waals surface area contributed by atoms with Crippen LogP contribution in [-0.2, 0) is 23.7 Å². The van der Waals surface area contributed by atoms with Gasteiger partial charge in [0.05, 0.1) is 32.0 Å². The van der Waals surface area contributed by atoms with Gasteiger partial charge in [-0.05, 0) is 83.5 Å². The van der Waals surface area contributed by atoms with E-state index in [1.807, 2.05) is 6.08 Å². The lowest BCUT2D eigenvalue weighted by Gasteiger charge is -2.46. The summed E-state index contributed by atoms with van der Waals surface area (Å²) in [4.78, 5) is 13.3. The fourth-order valence-corrected chi connectivity index (χ4v) is 9.37. The Morgan fingerprint density at radius 2 is 0.897 bits per heavy atom. The second kappa shape index (κ2) is 48.6. The minimum Gasteiger partial charge on any atom is -0.394 e. The summed E-state index contributed by atoms with van der Waals surface area (Å²) in [6.45, 7) is 2.65. The summed E-state index contributed by atoms with van der Waals surface area (Å²) in [6, 6.07) is -0.943. The Morgan fingerprint density at radius 1 is 0.474 bits per heavy atom. The van der Waals surface area contributed by atoms with Gasteiger partial charge in [-0.2, -0.15) is 0 Å². The number of aliphatic hydroxyl groups is 8. The topological polar surface area (TPSA) is 228 Å². The van der Waals surface area contributed by atoms with E-state index in [1.54, 1.807) is 6.08 Å². The molecule has 2 rings (SSSR count). The van der Waals surface area contributed by atoms with Crippen LogP contribution >= 0.6 is 0 Å². The van der Waals surface area contributed by atoms with Gasteiger partial charge in [-0.25, -0.2) is 0 Å². The third-order valence-corrected chi connectivity index (χ3v) is 14.3. The van der Waals surface area contributed by atoms with Crippen LogP contribution in [0.3, 0.4) is 0 Å². The summed E-state index contributed by atoms with van der Waals surface area (Å²) in [7, 11) is 0. The number of allylic oxidation sites excluding steroid dienone is 15. The molecule has 2 saturated heterocycles. The van der Waals surface area contributed by atoms with Crippen molar-refractivity contribution in [3.8, 4) is 0 Å². The van der Waals surface area contributed by atoms with Gasteiger partial charge in [0.15, 0.2) is 12.6 Å². The molecule has 0 aromatic carbocycles. The maximum absolute atomic E-state index is 13.3. The smallest absolute Gasteiger partial charge is 0.220 e. The predicted octanol–water partition coefficient (Wildman–Crippen LogP) is 10.7. The van der Waals surface area contributed by atoms with Gasteiger partial charge in [0, 0.05) is 6.42 Å². The molecule has 0 spiro atoms. The van der Waals surface area contributed by atoms with Crippen molar-refractivity contribution in [2.75, 3.05) is 19.8 Å². The highest BCUT2D eigenvalue weighted by Gasteiger charge is 2.51. The Hall–Kier alpha value is -3.09. The van der Waals surface area contributed by atoms with Gasteiger partial charge in [-0.15, -0.1) is 0 Å². The number of carbonyl (C=O) groups excluding carboxylic acids is 1. The van der Waals surface area contributed by atoms with Crippen molar-refractivity contribution in [3.05, 3.63) is 97.2 Å². The Bertz CT molecular complexity index is 1680. The Balaban J connectivity index is 1.76. The van der Waals surface area contributed by atoms with Gasteiger partial charge < -0.3 is 65.1 Å². The highest BCUT2D eigenvalue weighted by Crippen LogP contribution is 2.30. The van der Waals surface area contributed by atoms with Crippen molar-refractivity contribution >= 4 is 5.91 Å². The SMILES string of the molecule is CC/C=C\C/C=C\C/C=C\C/C=C\C/C=C\C/C=C\CCCCCCCCCCC(=O)NC(COC1OC(CO)C(OC2OC(CO)C(O)C(O)C2O)C(O)C1O)C(O)/C=C/CC/C=C/CCCCCCCCCCCCC. The molecule has 0 saturated carbocycles. The molecule has 0 aliphatic carbocycles. The van der Waals surface area contributed by atoms with E-state index in [9.17, 15) is 45.6 Å². The molecule has 0 aromatic heterocycles. The average molecular weight is 1100 g/mol. The molecule has 2 aliphatic rings. The zero-order chi connectivity index (χ0) is 56.7. The monoisotopic (exact) mass is 1100 g/mol. The van der Waals surface area contributed by atoms with Crippen molar-refractivity contribution < 1.29 is 64.6 Å². The molecule has 448 valence electrons. The first-order valence-corrected chi connectivity index (χ1v) is 30.5. The molecule has 14 nitrogen and oxygen atoms in total. The highest BCUT2D eigenvalue weighted by atomic mass is 16.7. The first-order valence-electron chi connectivity index (χ1n) is 30.5. The van der Waals surface area contributed by atoms with E-state index in [0.29, 0.717) is 12.8 Å². The lowest BCUT2D eigenvalue weighted by Crippen LogP contribution is -2.65. The first kappa shape index (κ1) is 71.0. The van der Waals surface area contributed by atoms with Crippen molar-refractivity contribution in [3.63, 3.8) is 0 Å². The predicted molar refractivity (Wildman–Crippen MR) is 313 cm³/mol. The van der Waals surface area contributed by atoms with Gasteiger partial charge >= 0.3 is 0 Å². The number of unbranched alkanes of at least 4 members (excludes halogenated alkanes) is 20. The Kier molecular flexibility index (Phi) is 44.3. The second-order valence-electron chi connectivity index (χ2n) is 21.1. The Morgan fingerprint density at radius 3 is 1.41 bits per heavy atom. The van der Waals surface area contributed by atoms with Gasteiger partial charge in [0.1, 0.15) is 48.8 Å². The fourth-order valence-electron chi connectivity index (χ4n) is 9.37. The molecule has 0 aromatic rings. The molecule has 12 unspecified atom stereocenters. The highest BCUT2D eigenvalue weighted by molar-refractivity contribution is 5.76. The summed E-state index contributed by atoms with van der Waals surface area (Å²) in [5.41, 5.74) is 0. The lowest BCUT2D eigenvalue weighted by atomic mass is 9.97. The number of aliphatic hydroxyl groups excluding tert-OH is 8. The van der Waals surface area contributed by atoms with Crippen LogP contribution in [0.2, 0.25) is 0 Å². The van der Waals surface area contributed by atoms with Crippen molar-refractivity contribution in [2.45, 2.75) is 280 Å². The van der Waals surface area contributed by atoms with E-state index in [4.69, 9.17) is 18.9 Å². The zero-order valence-corrected chi connectivity index (χ0v) is 48.1. The molecule has 78 heavy (non-hydrogen) atoms. The number of ether oxygens (including phenoxy) is 4. The first-order chi connectivity index (χ1) is 38.1. The van der Waals surface area contributed by atoms with Crippen molar-refractivity contribution in [1.82, 2.24) is 5.32 Å². The van der Waals surface area contributed by atoms with Crippen LogP contribution in [0.15, 0.2) is 97.2 Å². The van der Waals surface area contributed by atoms with E-state index in [-0.39, 0.29) is 18.9 Å². The van der Waals surface area contributed by atoms with Gasteiger partial charge in [-0.1, -0.05) is 214 Å². The van der Waals surface area contributed by atoms with Crippen LogP contribution in [0.1, 0.15) is 206 Å². The Labute approximate surface area is 471 Å². The van der Waals surface area contributed by atoms with E-state index in [1.165, 1.54) is 89.9 Å². The summed E-state index contributed by atoms with van der Waals surface area (Å²) in [6.07, 6.45) is 50.1. The maximum atomic E-state index is 13.3. The zero-order valence-electron chi connectivity index (χ0n) is 48.1. The minimum absolute atomic E-state index is 0.258. The maximum Gasteiger partial charge on any atom is 0.220 e. The third-order valence-electron chi connectivity index (χ3n) is 14.3. The molecule has 1 amide bonds. The number of hydrogen-bond acceptors (Lipinski definition) is 13. The summed E-state index contributed by atoms with van der Waals surface area (Å²) in [5.74, 6) is -0.262. The minimum atomic E-state index is -1.80. The van der Waals surface area contributed by atoms with E-state index < -0.39 is 86.8 Å². The van der Waals surface area contributed by atoms with Crippen LogP contribution in [0.5, 0.6) is 0 Å².